The molecule has 0 radical (unpaired) electrons. The summed E-state index contributed by atoms with van der Waals surface area (Å²) < 4.78 is 2.02. The van der Waals surface area contributed by atoms with Gasteiger partial charge in [-0.05, 0) is 18.4 Å². The minimum absolute atomic E-state index is 0.132. The largest absolute Gasteiger partial charge is 0.352 e. The van der Waals surface area contributed by atoms with Gasteiger partial charge in [-0.2, -0.15) is 0 Å². The van der Waals surface area contributed by atoms with Crippen LogP contribution in [-0.2, 0) is 24.8 Å². The number of benzene rings is 1. The molecule has 0 spiro atoms. The van der Waals surface area contributed by atoms with Crippen molar-refractivity contribution in [3.8, 4) is 0 Å². The van der Waals surface area contributed by atoms with Crippen molar-refractivity contribution in [2.45, 2.75) is 50.7 Å². The zero-order valence-electron chi connectivity index (χ0n) is 14.8. The van der Waals surface area contributed by atoms with Crippen LogP contribution in [0.15, 0.2) is 36.7 Å². The van der Waals surface area contributed by atoms with E-state index < -0.39 is 0 Å². The van der Waals surface area contributed by atoms with E-state index in [1.165, 1.54) is 18.4 Å². The number of hydrogen-bond donors (Lipinski definition) is 1. The summed E-state index contributed by atoms with van der Waals surface area (Å²) in [6.45, 7) is 1.65. The van der Waals surface area contributed by atoms with Gasteiger partial charge in [-0.3, -0.25) is 9.69 Å². The molecule has 1 aromatic carbocycles. The van der Waals surface area contributed by atoms with E-state index in [2.05, 4.69) is 39.5 Å². The number of carbonyl (C=O) groups is 1. The Kier molecular flexibility index (Phi) is 4.57. The van der Waals surface area contributed by atoms with Crippen molar-refractivity contribution in [1.82, 2.24) is 19.8 Å². The molecule has 1 amide bonds. The van der Waals surface area contributed by atoms with E-state index in [-0.39, 0.29) is 11.9 Å². The Balaban J connectivity index is 1.61. The average Bonchev–Trinajstić information content (AvgIpc) is 3.26. The molecule has 5 heteroatoms. The van der Waals surface area contributed by atoms with Crippen LogP contribution < -0.4 is 5.32 Å². The van der Waals surface area contributed by atoms with Gasteiger partial charge in [-0.15, -0.1) is 0 Å². The number of fused-ring (bicyclic) bond motifs is 1. The van der Waals surface area contributed by atoms with Gasteiger partial charge in [0, 0.05) is 32.6 Å². The lowest BCUT2D eigenvalue weighted by atomic mass is 10.00. The third-order valence-electron chi connectivity index (χ3n) is 5.50. The summed E-state index contributed by atoms with van der Waals surface area (Å²) in [5.74, 6) is 0.132. The van der Waals surface area contributed by atoms with Crippen molar-refractivity contribution in [2.24, 2.45) is 7.05 Å². The topological polar surface area (TPSA) is 50.2 Å². The highest BCUT2D eigenvalue weighted by Crippen LogP contribution is 2.31. The van der Waals surface area contributed by atoms with Crippen LogP contribution in [0.4, 0.5) is 0 Å². The summed E-state index contributed by atoms with van der Waals surface area (Å²) in [5.41, 5.74) is 3.36. The van der Waals surface area contributed by atoms with Gasteiger partial charge in [0.1, 0.15) is 6.04 Å². The van der Waals surface area contributed by atoms with Crippen molar-refractivity contribution in [2.75, 3.05) is 6.54 Å². The Morgan fingerprint density at radius 2 is 2.00 bits per heavy atom. The second-order valence-corrected chi connectivity index (χ2v) is 7.29. The summed E-state index contributed by atoms with van der Waals surface area (Å²) in [6.07, 6.45) is 7.40. The number of nitrogens with one attached hydrogen (secondary N) is 1. The van der Waals surface area contributed by atoms with Gasteiger partial charge in [0.15, 0.2) is 0 Å². The summed E-state index contributed by atoms with van der Waals surface area (Å²) >= 11 is 0. The molecule has 1 N–H and O–H groups in total. The zero-order valence-corrected chi connectivity index (χ0v) is 14.8. The van der Waals surface area contributed by atoms with Gasteiger partial charge in [-0.25, -0.2) is 4.98 Å². The third-order valence-corrected chi connectivity index (χ3v) is 5.50. The maximum atomic E-state index is 13.2. The summed E-state index contributed by atoms with van der Waals surface area (Å²) in [7, 11) is 1.99. The average molecular weight is 338 g/mol. The summed E-state index contributed by atoms with van der Waals surface area (Å²) in [6, 6.07) is 10.5. The fourth-order valence-corrected chi connectivity index (χ4v) is 4.21. The molecule has 4 rings (SSSR count). The molecule has 1 fully saturated rings. The molecule has 1 aromatic heterocycles. The molecule has 2 aromatic rings. The first-order valence-corrected chi connectivity index (χ1v) is 9.31. The van der Waals surface area contributed by atoms with Crippen molar-refractivity contribution in [3.63, 3.8) is 0 Å². The molecule has 132 valence electrons. The molecule has 2 heterocycles. The minimum atomic E-state index is -0.253. The summed E-state index contributed by atoms with van der Waals surface area (Å²) in [5, 5.41) is 3.30. The number of carbonyl (C=O) groups excluding carboxylic acids is 1. The maximum absolute atomic E-state index is 13.2. The SMILES string of the molecule is Cn1cnc2c1[C@@H](C(=O)NC1CCCC1)N(Cc1ccccc1)CC2. The van der Waals surface area contributed by atoms with E-state index in [1.54, 1.807) is 0 Å². The molecule has 1 aliphatic carbocycles. The molecule has 0 saturated heterocycles. The van der Waals surface area contributed by atoms with E-state index in [0.717, 1.165) is 43.7 Å². The van der Waals surface area contributed by atoms with Gasteiger partial charge >= 0.3 is 0 Å². The predicted molar refractivity (Wildman–Crippen MR) is 96.9 cm³/mol. The Morgan fingerprint density at radius 1 is 1.24 bits per heavy atom. The molecular weight excluding hydrogens is 312 g/mol. The molecule has 25 heavy (non-hydrogen) atoms. The van der Waals surface area contributed by atoms with E-state index >= 15 is 0 Å². The van der Waals surface area contributed by atoms with Crippen molar-refractivity contribution in [3.05, 3.63) is 53.6 Å². The Morgan fingerprint density at radius 3 is 2.76 bits per heavy atom. The van der Waals surface area contributed by atoms with Crippen LogP contribution in [0.25, 0.3) is 0 Å². The van der Waals surface area contributed by atoms with Crippen LogP contribution in [0, 0.1) is 0 Å². The molecule has 1 aliphatic heterocycles. The fourth-order valence-electron chi connectivity index (χ4n) is 4.21. The van der Waals surface area contributed by atoms with E-state index in [9.17, 15) is 4.79 Å². The lowest BCUT2D eigenvalue weighted by Gasteiger charge is -2.35. The Hall–Kier alpha value is -2.14. The molecule has 2 aliphatic rings. The quantitative estimate of drug-likeness (QED) is 0.932. The molecule has 0 bridgehead atoms. The molecule has 5 nitrogen and oxygen atoms in total. The number of imidazole rings is 1. The van der Waals surface area contributed by atoms with Crippen LogP contribution in [-0.4, -0.2) is 32.9 Å². The van der Waals surface area contributed by atoms with Crippen LogP contribution in [0.1, 0.15) is 48.7 Å². The van der Waals surface area contributed by atoms with Gasteiger partial charge in [0.25, 0.3) is 0 Å². The van der Waals surface area contributed by atoms with Gasteiger partial charge in [-0.1, -0.05) is 43.2 Å². The van der Waals surface area contributed by atoms with E-state index in [1.807, 2.05) is 24.0 Å². The number of aromatic nitrogens is 2. The fraction of sp³-hybridized carbons (Fsp3) is 0.500. The van der Waals surface area contributed by atoms with E-state index in [4.69, 9.17) is 0 Å². The highest BCUT2D eigenvalue weighted by atomic mass is 16.2. The normalized spacial score (nSPS) is 21.2. The minimum Gasteiger partial charge on any atom is -0.352 e. The van der Waals surface area contributed by atoms with Gasteiger partial charge in [0.05, 0.1) is 17.7 Å². The van der Waals surface area contributed by atoms with Gasteiger partial charge < -0.3 is 9.88 Å². The number of rotatable bonds is 4. The number of nitrogens with zero attached hydrogens (tertiary/aromatic N) is 3. The molecule has 1 atom stereocenters. The maximum Gasteiger partial charge on any atom is 0.243 e. The van der Waals surface area contributed by atoms with Gasteiger partial charge in [0.2, 0.25) is 5.91 Å². The molecule has 0 unspecified atom stereocenters. The van der Waals surface area contributed by atoms with Crippen LogP contribution >= 0.6 is 0 Å². The highest BCUT2D eigenvalue weighted by Gasteiger charge is 2.37. The van der Waals surface area contributed by atoms with E-state index in [0.29, 0.717) is 6.04 Å². The highest BCUT2D eigenvalue weighted by molar-refractivity contribution is 5.83. The van der Waals surface area contributed by atoms with Crippen molar-refractivity contribution in [1.29, 1.82) is 0 Å². The molecular formula is C20H26N4O. The number of amides is 1. The number of aryl methyl sites for hydroxylation is 1. The summed E-state index contributed by atoms with van der Waals surface area (Å²) in [4.78, 5) is 20.0. The van der Waals surface area contributed by atoms with Crippen LogP contribution in [0.3, 0.4) is 0 Å². The van der Waals surface area contributed by atoms with Crippen molar-refractivity contribution >= 4 is 5.91 Å². The number of hydrogen-bond acceptors (Lipinski definition) is 3. The first-order valence-electron chi connectivity index (χ1n) is 9.31. The zero-order chi connectivity index (χ0) is 17.2. The lowest BCUT2D eigenvalue weighted by Crippen LogP contribution is -2.47. The lowest BCUT2D eigenvalue weighted by molar-refractivity contribution is -0.128. The van der Waals surface area contributed by atoms with Crippen LogP contribution in [0.5, 0.6) is 0 Å². The second-order valence-electron chi connectivity index (χ2n) is 7.29. The third kappa shape index (κ3) is 3.33. The molecule has 1 saturated carbocycles. The second kappa shape index (κ2) is 7.00. The van der Waals surface area contributed by atoms with Crippen molar-refractivity contribution < 1.29 is 4.79 Å². The standard InChI is InChI=1S/C20H26N4O/c1-23-14-21-17-11-12-24(13-15-7-3-2-4-8-15)19(18(17)23)20(25)22-16-9-5-6-10-16/h2-4,7-8,14,16,19H,5-6,9-13H2,1H3,(H,22,25)/t19-/m0/s1. The smallest absolute Gasteiger partial charge is 0.243 e. The van der Waals surface area contributed by atoms with Crippen LogP contribution in [0.2, 0.25) is 0 Å². The Labute approximate surface area is 149 Å². The first-order chi connectivity index (χ1) is 12.2. The first kappa shape index (κ1) is 16.3. The predicted octanol–water partition coefficient (Wildman–Crippen LogP) is 2.58. The Bertz CT molecular complexity index is 733. The monoisotopic (exact) mass is 338 g/mol.